The quantitative estimate of drug-likeness (QED) is 0.616. The molecule has 1 aromatic heterocycles. The second kappa shape index (κ2) is 8.66. The van der Waals surface area contributed by atoms with E-state index in [1.165, 1.54) is 0 Å². The second-order valence-corrected chi connectivity index (χ2v) is 6.65. The van der Waals surface area contributed by atoms with Gasteiger partial charge in [-0.15, -0.1) is 0 Å². The Hall–Kier alpha value is -3.52. The van der Waals surface area contributed by atoms with Gasteiger partial charge in [-0.3, -0.25) is 9.59 Å². The van der Waals surface area contributed by atoms with Gasteiger partial charge in [-0.05, 0) is 43.2 Å². The van der Waals surface area contributed by atoms with Crippen molar-refractivity contribution in [3.05, 3.63) is 69.6 Å². The van der Waals surface area contributed by atoms with Gasteiger partial charge in [0.25, 0.3) is 11.5 Å². The molecular formula is C21H21N3O5. The van der Waals surface area contributed by atoms with Crippen molar-refractivity contribution in [2.45, 2.75) is 20.4 Å². The van der Waals surface area contributed by atoms with E-state index in [2.05, 4.69) is 10.4 Å². The van der Waals surface area contributed by atoms with E-state index in [1.807, 2.05) is 32.0 Å². The standard InChI is InChI=1S/C21H21N3O5/c1-13-9-14(2)11-15(10-13)22-18(26)12-29-21(28)19-16-5-3-4-6-17(16)20(27)24(23-19)7-8-25/h3-6,9-11,25H,7-8,12H2,1-2H3,(H,22,26). The lowest BCUT2D eigenvalue weighted by molar-refractivity contribution is -0.119. The average molecular weight is 395 g/mol. The maximum absolute atomic E-state index is 12.5. The molecule has 2 N–H and O–H groups in total. The van der Waals surface area contributed by atoms with Gasteiger partial charge >= 0.3 is 5.97 Å². The Balaban J connectivity index is 1.78. The molecule has 0 saturated heterocycles. The number of carbonyl (C=O) groups is 2. The van der Waals surface area contributed by atoms with Crippen LogP contribution in [0, 0.1) is 13.8 Å². The molecule has 0 radical (unpaired) electrons. The molecule has 3 aromatic rings. The maximum atomic E-state index is 12.5. The maximum Gasteiger partial charge on any atom is 0.359 e. The molecule has 0 atom stereocenters. The molecule has 0 unspecified atom stereocenters. The Kier molecular flexibility index (Phi) is 6.04. The molecular weight excluding hydrogens is 374 g/mol. The average Bonchev–Trinajstić information content (AvgIpc) is 2.67. The number of amides is 1. The molecule has 0 fully saturated rings. The summed E-state index contributed by atoms with van der Waals surface area (Å²) in [6.45, 7) is 2.97. The van der Waals surface area contributed by atoms with Gasteiger partial charge in [0.2, 0.25) is 0 Å². The van der Waals surface area contributed by atoms with Crippen molar-refractivity contribution >= 4 is 28.3 Å². The Morgan fingerprint density at radius 1 is 1.10 bits per heavy atom. The number of nitrogens with zero attached hydrogens (tertiary/aromatic N) is 2. The number of esters is 1. The minimum atomic E-state index is -0.830. The van der Waals surface area contributed by atoms with E-state index in [9.17, 15) is 14.4 Å². The lowest BCUT2D eigenvalue weighted by atomic mass is 10.1. The Bertz CT molecular complexity index is 1120. The topological polar surface area (TPSA) is 111 Å². The molecule has 150 valence electrons. The molecule has 1 heterocycles. The first kappa shape index (κ1) is 20.2. The summed E-state index contributed by atoms with van der Waals surface area (Å²) in [5, 5.41) is 16.4. The van der Waals surface area contributed by atoms with Crippen molar-refractivity contribution in [1.82, 2.24) is 9.78 Å². The minimum absolute atomic E-state index is 0.0584. The molecule has 0 bridgehead atoms. The van der Waals surface area contributed by atoms with Gasteiger partial charge in [-0.25, -0.2) is 9.48 Å². The summed E-state index contributed by atoms with van der Waals surface area (Å²) in [5.41, 5.74) is 2.11. The number of hydrogen-bond donors (Lipinski definition) is 2. The first-order chi connectivity index (χ1) is 13.9. The van der Waals surface area contributed by atoms with Crippen molar-refractivity contribution in [3.8, 4) is 0 Å². The third-order valence-corrected chi connectivity index (χ3v) is 4.21. The van der Waals surface area contributed by atoms with Crippen LogP contribution in [0.5, 0.6) is 0 Å². The number of fused-ring (bicyclic) bond motifs is 1. The minimum Gasteiger partial charge on any atom is -0.451 e. The van der Waals surface area contributed by atoms with Crippen LogP contribution in [0.3, 0.4) is 0 Å². The van der Waals surface area contributed by atoms with Crippen LogP contribution in [-0.2, 0) is 16.1 Å². The number of benzene rings is 2. The van der Waals surface area contributed by atoms with E-state index in [0.717, 1.165) is 15.8 Å². The number of rotatable bonds is 6. The molecule has 0 aliphatic rings. The highest BCUT2D eigenvalue weighted by Gasteiger charge is 2.19. The zero-order valence-electron chi connectivity index (χ0n) is 16.1. The highest BCUT2D eigenvalue weighted by atomic mass is 16.5. The predicted molar refractivity (Wildman–Crippen MR) is 108 cm³/mol. The molecule has 8 nitrogen and oxygen atoms in total. The smallest absolute Gasteiger partial charge is 0.359 e. The van der Waals surface area contributed by atoms with Crippen molar-refractivity contribution in [2.24, 2.45) is 0 Å². The van der Waals surface area contributed by atoms with E-state index in [0.29, 0.717) is 11.1 Å². The molecule has 0 aliphatic heterocycles. The summed E-state index contributed by atoms with van der Waals surface area (Å²) in [5.74, 6) is -1.32. The van der Waals surface area contributed by atoms with Crippen LogP contribution in [0.1, 0.15) is 21.6 Å². The van der Waals surface area contributed by atoms with Crippen molar-refractivity contribution < 1.29 is 19.4 Å². The van der Waals surface area contributed by atoms with Crippen molar-refractivity contribution in [1.29, 1.82) is 0 Å². The summed E-state index contributed by atoms with van der Waals surface area (Å²) in [6, 6.07) is 12.1. The summed E-state index contributed by atoms with van der Waals surface area (Å²) in [6.07, 6.45) is 0. The van der Waals surface area contributed by atoms with Gasteiger partial charge in [0.05, 0.1) is 18.5 Å². The van der Waals surface area contributed by atoms with E-state index in [-0.39, 0.29) is 24.2 Å². The monoisotopic (exact) mass is 395 g/mol. The van der Waals surface area contributed by atoms with Gasteiger partial charge in [0.15, 0.2) is 12.3 Å². The number of ether oxygens (including phenoxy) is 1. The highest BCUT2D eigenvalue weighted by molar-refractivity contribution is 6.03. The molecule has 2 aromatic carbocycles. The van der Waals surface area contributed by atoms with Crippen LogP contribution in [0.2, 0.25) is 0 Å². The van der Waals surface area contributed by atoms with Crippen molar-refractivity contribution in [2.75, 3.05) is 18.5 Å². The summed E-state index contributed by atoms with van der Waals surface area (Å²) >= 11 is 0. The third-order valence-electron chi connectivity index (χ3n) is 4.21. The normalized spacial score (nSPS) is 10.7. The van der Waals surface area contributed by atoms with Crippen LogP contribution >= 0.6 is 0 Å². The van der Waals surface area contributed by atoms with Crippen LogP contribution in [0.25, 0.3) is 10.8 Å². The number of anilines is 1. The predicted octanol–water partition coefficient (Wildman–Crippen LogP) is 1.80. The zero-order valence-corrected chi connectivity index (χ0v) is 16.1. The SMILES string of the molecule is Cc1cc(C)cc(NC(=O)COC(=O)c2nn(CCO)c(=O)c3ccccc23)c1. The Labute approximate surface area is 166 Å². The van der Waals surface area contributed by atoms with E-state index >= 15 is 0 Å². The van der Waals surface area contributed by atoms with Gasteiger partial charge in [-0.1, -0.05) is 24.3 Å². The van der Waals surface area contributed by atoms with E-state index in [1.54, 1.807) is 24.3 Å². The van der Waals surface area contributed by atoms with Crippen LogP contribution in [0.4, 0.5) is 5.69 Å². The fraction of sp³-hybridized carbons (Fsp3) is 0.238. The van der Waals surface area contributed by atoms with E-state index < -0.39 is 24.0 Å². The summed E-state index contributed by atoms with van der Waals surface area (Å²) < 4.78 is 6.12. The molecule has 0 aliphatic carbocycles. The molecule has 3 rings (SSSR count). The lowest BCUT2D eigenvalue weighted by Gasteiger charge is -2.11. The second-order valence-electron chi connectivity index (χ2n) is 6.65. The highest BCUT2D eigenvalue weighted by Crippen LogP contribution is 2.15. The molecule has 8 heteroatoms. The first-order valence-electron chi connectivity index (χ1n) is 9.05. The first-order valence-corrected chi connectivity index (χ1v) is 9.05. The number of aryl methyl sites for hydroxylation is 2. The fourth-order valence-electron chi connectivity index (χ4n) is 3.08. The van der Waals surface area contributed by atoms with Crippen molar-refractivity contribution in [3.63, 3.8) is 0 Å². The largest absolute Gasteiger partial charge is 0.451 e. The van der Waals surface area contributed by atoms with Gasteiger partial charge in [0.1, 0.15) is 0 Å². The summed E-state index contributed by atoms with van der Waals surface area (Å²) in [7, 11) is 0. The van der Waals surface area contributed by atoms with Crippen LogP contribution in [0.15, 0.2) is 47.3 Å². The third kappa shape index (κ3) is 4.67. The molecule has 0 spiro atoms. The summed E-state index contributed by atoms with van der Waals surface area (Å²) in [4.78, 5) is 37.1. The number of nitrogens with one attached hydrogen (secondary N) is 1. The Morgan fingerprint density at radius 3 is 2.41 bits per heavy atom. The fourth-order valence-corrected chi connectivity index (χ4v) is 3.08. The van der Waals surface area contributed by atoms with Crippen LogP contribution < -0.4 is 10.9 Å². The lowest BCUT2D eigenvalue weighted by Crippen LogP contribution is -2.28. The van der Waals surface area contributed by atoms with Crippen LogP contribution in [-0.4, -0.2) is 40.0 Å². The zero-order chi connectivity index (χ0) is 21.0. The number of aliphatic hydroxyl groups excluding tert-OH is 1. The van der Waals surface area contributed by atoms with Gasteiger partial charge in [0, 0.05) is 11.1 Å². The molecule has 1 amide bonds. The molecule has 29 heavy (non-hydrogen) atoms. The van der Waals surface area contributed by atoms with Gasteiger partial charge < -0.3 is 15.2 Å². The van der Waals surface area contributed by atoms with E-state index in [4.69, 9.17) is 9.84 Å². The number of hydrogen-bond acceptors (Lipinski definition) is 6. The number of aromatic nitrogens is 2. The number of aliphatic hydroxyl groups is 1. The number of carbonyl (C=O) groups excluding carboxylic acids is 2. The van der Waals surface area contributed by atoms with Gasteiger partial charge in [-0.2, -0.15) is 5.10 Å². The Morgan fingerprint density at radius 2 is 1.76 bits per heavy atom. The molecule has 0 saturated carbocycles.